The zero-order chi connectivity index (χ0) is 20.3. The van der Waals surface area contributed by atoms with Crippen LogP contribution in [0, 0.1) is 6.92 Å². The maximum Gasteiger partial charge on any atom is 0.265 e. The first-order chi connectivity index (χ1) is 13.4. The summed E-state index contributed by atoms with van der Waals surface area (Å²) in [5.74, 6) is 0.127. The fourth-order valence-corrected chi connectivity index (χ4v) is 4.36. The summed E-state index contributed by atoms with van der Waals surface area (Å²) < 4.78 is 9.34. The van der Waals surface area contributed by atoms with Crippen molar-refractivity contribution in [2.75, 3.05) is 26.5 Å². The van der Waals surface area contributed by atoms with Crippen molar-refractivity contribution in [2.45, 2.75) is 13.3 Å². The number of anilines is 1. The molecule has 0 atom stereocenters. The maximum atomic E-state index is 12.8. The van der Waals surface area contributed by atoms with E-state index in [0.29, 0.717) is 34.1 Å². The van der Waals surface area contributed by atoms with Crippen LogP contribution in [0.5, 0.6) is 5.88 Å². The number of hydrogen-bond acceptors (Lipinski definition) is 8. The third kappa shape index (κ3) is 4.34. The van der Waals surface area contributed by atoms with Gasteiger partial charge >= 0.3 is 0 Å². The number of aryl methyl sites for hydroxylation is 1. The second-order valence-electron chi connectivity index (χ2n) is 6.10. The third-order valence-corrected chi connectivity index (χ3v) is 5.77. The molecule has 3 heterocycles. The quantitative estimate of drug-likeness (QED) is 0.662. The average molecular weight is 418 g/mol. The standard InChI is InChI=1S/C18H19N5O3S2/c1-10-16(17(24)21-11-5-6-14(26-4)19-8-11)12(28-22-10)7-15-20-9-13(27-15)18(25)23(2)3/h5-6,8-9H,7H2,1-4H3,(H,21,24). The molecule has 0 aromatic carbocycles. The van der Waals surface area contributed by atoms with Gasteiger partial charge in [0.1, 0.15) is 4.88 Å². The number of ether oxygens (including phenoxy) is 1. The molecule has 3 aromatic heterocycles. The molecule has 8 nitrogen and oxygen atoms in total. The van der Waals surface area contributed by atoms with Gasteiger partial charge in [0, 0.05) is 31.5 Å². The van der Waals surface area contributed by atoms with Gasteiger partial charge in [0.25, 0.3) is 11.8 Å². The van der Waals surface area contributed by atoms with Crippen molar-refractivity contribution in [3.05, 3.63) is 50.5 Å². The molecule has 10 heteroatoms. The number of amides is 2. The molecular formula is C18H19N5O3S2. The van der Waals surface area contributed by atoms with E-state index < -0.39 is 0 Å². The van der Waals surface area contributed by atoms with E-state index >= 15 is 0 Å². The molecule has 28 heavy (non-hydrogen) atoms. The van der Waals surface area contributed by atoms with E-state index in [1.807, 2.05) is 0 Å². The predicted octanol–water partition coefficient (Wildman–Crippen LogP) is 2.86. The lowest BCUT2D eigenvalue weighted by molar-refractivity contribution is 0.0831. The lowest BCUT2D eigenvalue weighted by Crippen LogP contribution is -2.20. The highest BCUT2D eigenvalue weighted by molar-refractivity contribution is 7.13. The fraction of sp³-hybridized carbons (Fsp3) is 0.278. The van der Waals surface area contributed by atoms with Gasteiger partial charge in [0.2, 0.25) is 5.88 Å². The number of methoxy groups -OCH3 is 1. The molecule has 0 unspecified atom stereocenters. The summed E-state index contributed by atoms with van der Waals surface area (Å²) in [6, 6.07) is 3.40. The minimum atomic E-state index is -0.255. The van der Waals surface area contributed by atoms with Gasteiger partial charge < -0.3 is 15.0 Å². The number of nitrogens with one attached hydrogen (secondary N) is 1. The monoisotopic (exact) mass is 417 g/mol. The van der Waals surface area contributed by atoms with Crippen molar-refractivity contribution in [1.82, 2.24) is 19.2 Å². The van der Waals surface area contributed by atoms with Crippen molar-refractivity contribution < 1.29 is 14.3 Å². The van der Waals surface area contributed by atoms with E-state index in [1.165, 1.54) is 41.1 Å². The summed E-state index contributed by atoms with van der Waals surface area (Å²) in [7, 11) is 4.93. The average Bonchev–Trinajstić information content (AvgIpc) is 3.28. The Labute approximate surface area is 170 Å². The molecule has 146 valence electrons. The van der Waals surface area contributed by atoms with Gasteiger partial charge in [-0.25, -0.2) is 9.97 Å². The first-order valence-electron chi connectivity index (χ1n) is 8.32. The summed E-state index contributed by atoms with van der Waals surface area (Å²) in [5.41, 5.74) is 1.74. The molecule has 0 aliphatic carbocycles. The van der Waals surface area contributed by atoms with Crippen LogP contribution in [-0.4, -0.2) is 52.3 Å². The van der Waals surface area contributed by atoms with Crippen LogP contribution in [0.1, 0.15) is 35.6 Å². The van der Waals surface area contributed by atoms with E-state index in [0.717, 1.165) is 9.88 Å². The second-order valence-corrected chi connectivity index (χ2v) is 8.08. The Balaban J connectivity index is 1.77. The summed E-state index contributed by atoms with van der Waals surface area (Å²) in [6.07, 6.45) is 3.55. The van der Waals surface area contributed by atoms with Crippen molar-refractivity contribution in [3.8, 4) is 5.88 Å². The Hall–Kier alpha value is -2.85. The summed E-state index contributed by atoms with van der Waals surface area (Å²) in [4.78, 5) is 36.1. The molecule has 0 radical (unpaired) electrons. The van der Waals surface area contributed by atoms with Crippen LogP contribution in [0.4, 0.5) is 5.69 Å². The number of carbonyl (C=O) groups is 2. The van der Waals surface area contributed by atoms with Gasteiger partial charge in [0.15, 0.2) is 0 Å². The predicted molar refractivity (Wildman–Crippen MR) is 109 cm³/mol. The molecule has 0 bridgehead atoms. The number of hydrogen-bond donors (Lipinski definition) is 1. The molecule has 0 saturated carbocycles. The molecule has 1 N–H and O–H groups in total. The fourth-order valence-electron chi connectivity index (χ4n) is 2.45. The number of thiazole rings is 1. The minimum Gasteiger partial charge on any atom is -0.481 e. The normalized spacial score (nSPS) is 10.6. The van der Waals surface area contributed by atoms with Crippen molar-refractivity contribution in [2.24, 2.45) is 0 Å². The highest BCUT2D eigenvalue weighted by Crippen LogP contribution is 2.25. The van der Waals surface area contributed by atoms with Crippen LogP contribution in [-0.2, 0) is 6.42 Å². The van der Waals surface area contributed by atoms with Crippen LogP contribution >= 0.6 is 22.9 Å². The highest BCUT2D eigenvalue weighted by atomic mass is 32.1. The van der Waals surface area contributed by atoms with Crippen LogP contribution in [0.15, 0.2) is 24.5 Å². The molecule has 3 rings (SSSR count). The zero-order valence-corrected chi connectivity index (χ0v) is 17.5. The lowest BCUT2D eigenvalue weighted by atomic mass is 10.1. The number of pyridine rings is 1. The van der Waals surface area contributed by atoms with Crippen molar-refractivity contribution in [1.29, 1.82) is 0 Å². The topological polar surface area (TPSA) is 97.3 Å². The summed E-state index contributed by atoms with van der Waals surface area (Å²) >= 11 is 2.59. The Bertz CT molecular complexity index is 995. The van der Waals surface area contributed by atoms with Crippen LogP contribution in [0.25, 0.3) is 0 Å². The molecule has 0 saturated heterocycles. The SMILES string of the molecule is COc1ccc(NC(=O)c2c(C)nsc2Cc2ncc(C(=O)N(C)C)s2)cn1. The van der Waals surface area contributed by atoms with Gasteiger partial charge in [-0.05, 0) is 24.5 Å². The highest BCUT2D eigenvalue weighted by Gasteiger charge is 2.21. The van der Waals surface area contributed by atoms with Crippen molar-refractivity contribution in [3.63, 3.8) is 0 Å². The molecule has 0 spiro atoms. The minimum absolute atomic E-state index is 0.0887. The van der Waals surface area contributed by atoms with Gasteiger partial charge in [0.05, 0.1) is 41.5 Å². The van der Waals surface area contributed by atoms with E-state index in [1.54, 1.807) is 39.3 Å². The second kappa shape index (κ2) is 8.44. The number of rotatable bonds is 6. The van der Waals surface area contributed by atoms with Crippen molar-refractivity contribution >= 4 is 40.4 Å². The summed E-state index contributed by atoms with van der Waals surface area (Å²) in [6.45, 7) is 1.80. The molecule has 2 amide bonds. The van der Waals surface area contributed by atoms with Gasteiger partial charge in [-0.1, -0.05) is 0 Å². The maximum absolute atomic E-state index is 12.8. The van der Waals surface area contributed by atoms with E-state index in [2.05, 4.69) is 19.7 Å². The first kappa shape index (κ1) is 19.9. The van der Waals surface area contributed by atoms with Gasteiger partial charge in [-0.2, -0.15) is 4.37 Å². The Morgan fingerprint density at radius 3 is 2.64 bits per heavy atom. The summed E-state index contributed by atoms with van der Waals surface area (Å²) in [5, 5.41) is 3.59. The molecule has 0 aliphatic heterocycles. The third-order valence-electron chi connectivity index (χ3n) is 3.85. The Morgan fingerprint density at radius 1 is 1.21 bits per heavy atom. The zero-order valence-electron chi connectivity index (χ0n) is 15.8. The van der Waals surface area contributed by atoms with E-state index in [4.69, 9.17) is 4.74 Å². The van der Waals surface area contributed by atoms with Gasteiger partial charge in [-0.3, -0.25) is 9.59 Å². The van der Waals surface area contributed by atoms with E-state index in [9.17, 15) is 9.59 Å². The molecule has 0 fully saturated rings. The molecule has 3 aromatic rings. The Kier molecular flexibility index (Phi) is 6.00. The van der Waals surface area contributed by atoms with Gasteiger partial charge in [-0.15, -0.1) is 11.3 Å². The smallest absolute Gasteiger partial charge is 0.265 e. The number of nitrogens with zero attached hydrogens (tertiary/aromatic N) is 4. The first-order valence-corrected chi connectivity index (χ1v) is 9.91. The van der Waals surface area contributed by atoms with Crippen LogP contribution < -0.4 is 10.1 Å². The lowest BCUT2D eigenvalue weighted by Gasteiger charge is -2.07. The molecular weight excluding hydrogens is 398 g/mol. The number of aromatic nitrogens is 3. The number of carbonyl (C=O) groups excluding carboxylic acids is 2. The largest absolute Gasteiger partial charge is 0.481 e. The Morgan fingerprint density at radius 2 is 2.00 bits per heavy atom. The van der Waals surface area contributed by atoms with Crippen LogP contribution in [0.2, 0.25) is 0 Å². The van der Waals surface area contributed by atoms with Crippen LogP contribution in [0.3, 0.4) is 0 Å². The van der Waals surface area contributed by atoms with E-state index in [-0.39, 0.29) is 11.8 Å². The molecule has 0 aliphatic rings.